The van der Waals surface area contributed by atoms with Gasteiger partial charge in [-0.2, -0.15) is 0 Å². The average molecular weight is 288 g/mol. The highest BCUT2D eigenvalue weighted by atomic mass is 16.3. The predicted octanol–water partition coefficient (Wildman–Crippen LogP) is 3.43. The first-order chi connectivity index (χ1) is 9.77. The molecule has 0 saturated heterocycles. The second kappa shape index (κ2) is 4.86. The summed E-state index contributed by atoms with van der Waals surface area (Å²) < 4.78 is 0. The van der Waals surface area contributed by atoms with E-state index in [2.05, 4.69) is 24.8 Å². The van der Waals surface area contributed by atoms with E-state index in [-0.39, 0.29) is 16.9 Å². The fourth-order valence-electron chi connectivity index (χ4n) is 4.66. The first-order valence-corrected chi connectivity index (χ1v) is 8.39. The molecule has 2 N–H and O–H groups in total. The summed E-state index contributed by atoms with van der Waals surface area (Å²) in [5, 5.41) is 20.1. The van der Waals surface area contributed by atoms with Crippen LogP contribution < -0.4 is 0 Å². The molecule has 2 saturated carbocycles. The van der Waals surface area contributed by atoms with Crippen LogP contribution in [0, 0.1) is 28.6 Å². The summed E-state index contributed by atoms with van der Waals surface area (Å²) in [6.45, 7) is 5.84. The summed E-state index contributed by atoms with van der Waals surface area (Å²) >= 11 is 0. The minimum absolute atomic E-state index is 0.129. The Hall–Kier alpha value is -0.780. The van der Waals surface area contributed by atoms with Gasteiger partial charge in [0.05, 0.1) is 6.10 Å². The van der Waals surface area contributed by atoms with E-state index in [4.69, 9.17) is 0 Å². The largest absolute Gasteiger partial charge is 0.393 e. The van der Waals surface area contributed by atoms with Gasteiger partial charge >= 0.3 is 0 Å². The third-order valence-electron chi connectivity index (χ3n) is 5.92. The summed E-state index contributed by atoms with van der Waals surface area (Å²) in [6, 6.07) is 0. The average Bonchev–Trinajstić information content (AvgIpc) is 3.03. The molecule has 3 aliphatic rings. The Balaban J connectivity index is 1.79. The minimum Gasteiger partial charge on any atom is -0.393 e. The smallest absolute Gasteiger partial charge is 0.119 e. The molecule has 2 nitrogen and oxygen atoms in total. The van der Waals surface area contributed by atoms with Crippen molar-refractivity contribution >= 4 is 0 Å². The standard InChI is InChI=1S/C19H28O2/c1-17(2,21)9-5-11-19(12-13-19)16-8-7-14-15(20)6-4-10-18(14,16)3/h8,14-15,20-21H,4,6-7,10-13H2,1-3H3/t14?,15-,18-/m0/s1. The Bertz CT molecular complexity index is 510. The van der Waals surface area contributed by atoms with E-state index >= 15 is 0 Å². The summed E-state index contributed by atoms with van der Waals surface area (Å²) in [5.41, 5.74) is 1.11. The van der Waals surface area contributed by atoms with Gasteiger partial charge in [0, 0.05) is 11.8 Å². The maximum Gasteiger partial charge on any atom is 0.119 e. The van der Waals surface area contributed by atoms with Crippen molar-refractivity contribution in [1.82, 2.24) is 0 Å². The zero-order valence-electron chi connectivity index (χ0n) is 13.6. The Kier molecular flexibility index (Phi) is 3.50. The van der Waals surface area contributed by atoms with Gasteiger partial charge in [-0.25, -0.2) is 0 Å². The van der Waals surface area contributed by atoms with Gasteiger partial charge in [0.1, 0.15) is 5.60 Å². The molecule has 3 rings (SSSR count). The van der Waals surface area contributed by atoms with Crippen LogP contribution in [0.25, 0.3) is 0 Å². The summed E-state index contributed by atoms with van der Waals surface area (Å²) in [7, 11) is 0. The van der Waals surface area contributed by atoms with E-state index in [0.717, 1.165) is 25.7 Å². The molecule has 2 fully saturated rings. The number of aliphatic hydroxyl groups is 2. The van der Waals surface area contributed by atoms with Crippen molar-refractivity contribution < 1.29 is 10.2 Å². The third kappa shape index (κ3) is 2.67. The van der Waals surface area contributed by atoms with Crippen molar-refractivity contribution in [2.45, 2.75) is 77.4 Å². The molecule has 0 spiro atoms. The van der Waals surface area contributed by atoms with Crippen LogP contribution in [0.3, 0.4) is 0 Å². The van der Waals surface area contributed by atoms with Crippen molar-refractivity contribution in [2.75, 3.05) is 0 Å². The van der Waals surface area contributed by atoms with Crippen molar-refractivity contribution in [3.63, 3.8) is 0 Å². The lowest BCUT2D eigenvalue weighted by molar-refractivity contribution is 0.00690. The van der Waals surface area contributed by atoms with Crippen LogP contribution >= 0.6 is 0 Å². The summed E-state index contributed by atoms with van der Waals surface area (Å²) in [5.74, 6) is 6.61. The van der Waals surface area contributed by atoms with Gasteiger partial charge in [-0.1, -0.05) is 30.4 Å². The van der Waals surface area contributed by atoms with E-state index in [0.29, 0.717) is 5.92 Å². The lowest BCUT2D eigenvalue weighted by atomic mass is 9.62. The van der Waals surface area contributed by atoms with E-state index in [9.17, 15) is 10.2 Å². The molecule has 0 bridgehead atoms. The zero-order valence-corrected chi connectivity index (χ0v) is 13.6. The van der Waals surface area contributed by atoms with E-state index in [1.54, 1.807) is 19.4 Å². The van der Waals surface area contributed by atoms with Gasteiger partial charge in [0.2, 0.25) is 0 Å². The summed E-state index contributed by atoms with van der Waals surface area (Å²) in [4.78, 5) is 0. The van der Waals surface area contributed by atoms with Crippen LogP contribution in [0.2, 0.25) is 0 Å². The highest BCUT2D eigenvalue weighted by Crippen LogP contribution is 2.66. The lowest BCUT2D eigenvalue weighted by Crippen LogP contribution is -2.40. The molecule has 0 aromatic rings. The molecule has 0 heterocycles. The van der Waals surface area contributed by atoms with E-state index in [1.165, 1.54) is 19.3 Å². The van der Waals surface area contributed by atoms with Gasteiger partial charge in [0.15, 0.2) is 0 Å². The monoisotopic (exact) mass is 288 g/mol. The van der Waals surface area contributed by atoms with Crippen molar-refractivity contribution in [3.8, 4) is 11.8 Å². The summed E-state index contributed by atoms with van der Waals surface area (Å²) in [6.07, 6.45) is 9.93. The number of hydrogen-bond acceptors (Lipinski definition) is 2. The Labute approximate surface area is 128 Å². The van der Waals surface area contributed by atoms with Crippen molar-refractivity contribution in [3.05, 3.63) is 11.6 Å². The van der Waals surface area contributed by atoms with Crippen LogP contribution in [-0.4, -0.2) is 21.9 Å². The first kappa shape index (κ1) is 15.1. The molecular formula is C19H28O2. The Morgan fingerprint density at radius 2 is 2.05 bits per heavy atom. The molecule has 0 aliphatic heterocycles. The topological polar surface area (TPSA) is 40.5 Å². The number of allylic oxidation sites excluding steroid dienone is 2. The quantitative estimate of drug-likeness (QED) is 0.604. The van der Waals surface area contributed by atoms with Crippen LogP contribution in [0.1, 0.15) is 65.7 Å². The fourth-order valence-corrected chi connectivity index (χ4v) is 4.66. The highest BCUT2D eigenvalue weighted by Gasteiger charge is 2.57. The first-order valence-electron chi connectivity index (χ1n) is 8.39. The van der Waals surface area contributed by atoms with Crippen LogP contribution in [-0.2, 0) is 0 Å². The van der Waals surface area contributed by atoms with Crippen LogP contribution in [0.4, 0.5) is 0 Å². The van der Waals surface area contributed by atoms with Crippen LogP contribution in [0.15, 0.2) is 11.6 Å². The second-order valence-corrected chi connectivity index (χ2v) is 8.15. The highest BCUT2D eigenvalue weighted by molar-refractivity contribution is 5.36. The van der Waals surface area contributed by atoms with Crippen LogP contribution in [0.5, 0.6) is 0 Å². The van der Waals surface area contributed by atoms with Gasteiger partial charge in [-0.3, -0.25) is 0 Å². The molecule has 116 valence electrons. The third-order valence-corrected chi connectivity index (χ3v) is 5.92. The fraction of sp³-hybridized carbons (Fsp3) is 0.789. The Morgan fingerprint density at radius 1 is 1.33 bits per heavy atom. The molecule has 0 radical (unpaired) electrons. The van der Waals surface area contributed by atoms with Gasteiger partial charge in [-0.15, -0.1) is 0 Å². The number of rotatable bonds is 2. The van der Waals surface area contributed by atoms with Gasteiger partial charge in [-0.05, 0) is 63.7 Å². The minimum atomic E-state index is -0.895. The van der Waals surface area contributed by atoms with E-state index in [1.807, 2.05) is 0 Å². The molecule has 0 aromatic carbocycles. The lowest BCUT2D eigenvalue weighted by Gasteiger charge is -2.44. The number of hydrogen-bond donors (Lipinski definition) is 2. The Morgan fingerprint density at radius 3 is 2.67 bits per heavy atom. The van der Waals surface area contributed by atoms with Gasteiger partial charge < -0.3 is 10.2 Å². The SMILES string of the molecule is CC(C)(O)C#CCC1(C2=CCC3[C@@H](O)CCC[C@]23C)CC1. The van der Waals surface area contributed by atoms with Gasteiger partial charge in [0.25, 0.3) is 0 Å². The molecule has 3 atom stereocenters. The molecule has 2 heteroatoms. The molecule has 0 amide bonds. The normalized spacial score (nSPS) is 37.3. The molecule has 0 aromatic heterocycles. The number of aliphatic hydroxyl groups excluding tert-OH is 1. The molecular weight excluding hydrogens is 260 g/mol. The van der Waals surface area contributed by atoms with E-state index < -0.39 is 5.60 Å². The maximum atomic E-state index is 10.3. The molecule has 1 unspecified atom stereocenters. The van der Waals surface area contributed by atoms with Crippen molar-refractivity contribution in [1.29, 1.82) is 0 Å². The predicted molar refractivity (Wildman–Crippen MR) is 84.5 cm³/mol. The van der Waals surface area contributed by atoms with Crippen molar-refractivity contribution in [2.24, 2.45) is 16.7 Å². The number of fused-ring (bicyclic) bond motifs is 1. The zero-order chi connectivity index (χ0) is 15.3. The second-order valence-electron chi connectivity index (χ2n) is 8.15. The molecule has 21 heavy (non-hydrogen) atoms. The molecule has 3 aliphatic carbocycles. The maximum absolute atomic E-state index is 10.3.